The number of ether oxygens (including phenoxy) is 1. The Bertz CT molecular complexity index is 418. The van der Waals surface area contributed by atoms with Crippen molar-refractivity contribution in [3.63, 3.8) is 0 Å². The molecule has 1 aromatic carbocycles. The third kappa shape index (κ3) is 8.39. The second-order valence-electron chi connectivity index (χ2n) is 6.88. The number of piperidine rings is 1. The van der Waals surface area contributed by atoms with Crippen LogP contribution in [0, 0.1) is 0 Å². The molecule has 0 aromatic heterocycles. The first-order chi connectivity index (χ1) is 11.4. The highest BCUT2D eigenvalue weighted by molar-refractivity contribution is 5.33. The van der Waals surface area contributed by atoms with E-state index in [9.17, 15) is 0 Å². The molecule has 0 aliphatic carbocycles. The van der Waals surface area contributed by atoms with Crippen LogP contribution in [0.2, 0.25) is 0 Å². The highest BCUT2D eigenvalue weighted by Crippen LogP contribution is 2.21. The fourth-order valence-electron chi connectivity index (χ4n) is 3.41. The molecule has 2 nitrogen and oxygen atoms in total. The molecule has 0 bridgehead atoms. The number of unbranched alkanes of at least 4 members (excludes halogenated alkanes) is 5. The van der Waals surface area contributed by atoms with Crippen molar-refractivity contribution in [1.29, 1.82) is 0 Å². The van der Waals surface area contributed by atoms with Gasteiger partial charge < -0.3 is 17.1 Å². The van der Waals surface area contributed by atoms with Crippen molar-refractivity contribution in [1.82, 2.24) is 4.90 Å². The van der Waals surface area contributed by atoms with Crippen molar-refractivity contribution in [2.45, 2.75) is 71.1 Å². The van der Waals surface area contributed by atoms with Crippen LogP contribution in [0.15, 0.2) is 24.3 Å². The van der Waals surface area contributed by atoms with Crippen molar-refractivity contribution in [2.75, 3.05) is 26.2 Å². The Morgan fingerprint density at radius 3 is 2.42 bits per heavy atom. The Morgan fingerprint density at radius 1 is 0.917 bits per heavy atom. The van der Waals surface area contributed by atoms with Crippen molar-refractivity contribution < 1.29 is 17.1 Å². The molecule has 24 heavy (non-hydrogen) atoms. The topological polar surface area (TPSA) is 12.5 Å². The maximum Gasteiger partial charge on any atom is 0.122 e. The van der Waals surface area contributed by atoms with Crippen LogP contribution < -0.4 is 17.1 Å². The predicted molar refractivity (Wildman–Crippen MR) is 99.3 cm³/mol. The summed E-state index contributed by atoms with van der Waals surface area (Å²) in [6.07, 6.45) is 13.4. The molecule has 1 aliphatic heterocycles. The molecular weight excluding hydrogens is 318 g/mol. The van der Waals surface area contributed by atoms with E-state index in [0.29, 0.717) is 0 Å². The van der Waals surface area contributed by atoms with Gasteiger partial charge in [-0.25, -0.2) is 0 Å². The van der Waals surface area contributed by atoms with Gasteiger partial charge in [0.25, 0.3) is 0 Å². The number of hydrogen-bond acceptors (Lipinski definition) is 2. The van der Waals surface area contributed by atoms with Crippen molar-refractivity contribution >= 4 is 0 Å². The standard InChI is InChI=1S/C21H35NO.ClH/c1-2-3-4-5-6-8-13-20-14-9-10-15-21(20)23-19-18-22-16-11-7-12-17-22;/h9-10,14-15H,2-8,11-13,16-19H2,1H3;1H/p-1. The van der Waals surface area contributed by atoms with Gasteiger partial charge >= 0.3 is 0 Å². The Labute approximate surface area is 155 Å². The normalized spacial score (nSPS) is 15.0. The van der Waals surface area contributed by atoms with Crippen LogP contribution in [0.4, 0.5) is 0 Å². The van der Waals surface area contributed by atoms with Crippen LogP contribution >= 0.6 is 0 Å². The Kier molecular flexibility index (Phi) is 12.0. The van der Waals surface area contributed by atoms with Crippen molar-refractivity contribution in [3.8, 4) is 5.75 Å². The van der Waals surface area contributed by atoms with Crippen molar-refractivity contribution in [2.24, 2.45) is 0 Å². The van der Waals surface area contributed by atoms with Crippen LogP contribution in [0.1, 0.15) is 70.3 Å². The summed E-state index contributed by atoms with van der Waals surface area (Å²) in [5.41, 5.74) is 1.39. The van der Waals surface area contributed by atoms with E-state index in [1.54, 1.807) is 0 Å². The lowest BCUT2D eigenvalue weighted by molar-refractivity contribution is -0.00000536. The number of halogens is 1. The summed E-state index contributed by atoms with van der Waals surface area (Å²) in [7, 11) is 0. The van der Waals surface area contributed by atoms with Crippen molar-refractivity contribution in [3.05, 3.63) is 29.8 Å². The molecule has 3 heteroatoms. The molecule has 1 saturated heterocycles. The average molecular weight is 353 g/mol. The molecular formula is C21H35ClNO-. The number of nitrogens with zero attached hydrogens (tertiary/aromatic N) is 1. The monoisotopic (exact) mass is 352 g/mol. The SMILES string of the molecule is CCCCCCCCc1ccccc1OCCN1CCCCC1.[Cl-]. The highest BCUT2D eigenvalue weighted by atomic mass is 35.5. The number of rotatable bonds is 11. The first-order valence-corrected chi connectivity index (χ1v) is 9.83. The van der Waals surface area contributed by atoms with Gasteiger partial charge in [0.05, 0.1) is 0 Å². The minimum atomic E-state index is 0. The summed E-state index contributed by atoms with van der Waals surface area (Å²) in [5.74, 6) is 1.11. The summed E-state index contributed by atoms with van der Waals surface area (Å²) >= 11 is 0. The summed E-state index contributed by atoms with van der Waals surface area (Å²) < 4.78 is 6.09. The van der Waals surface area contributed by atoms with Gasteiger partial charge in [0, 0.05) is 6.54 Å². The third-order valence-corrected chi connectivity index (χ3v) is 4.89. The second kappa shape index (κ2) is 13.5. The quantitative estimate of drug-likeness (QED) is 0.567. The molecule has 1 aliphatic rings. The molecule has 0 saturated carbocycles. The second-order valence-corrected chi connectivity index (χ2v) is 6.88. The number of benzene rings is 1. The maximum absolute atomic E-state index is 6.09. The Hall–Kier alpha value is -0.730. The minimum absolute atomic E-state index is 0. The van der Waals surface area contributed by atoms with Crippen LogP contribution in [0.3, 0.4) is 0 Å². The summed E-state index contributed by atoms with van der Waals surface area (Å²) in [6.45, 7) is 6.68. The summed E-state index contributed by atoms with van der Waals surface area (Å²) in [6, 6.07) is 8.62. The van der Waals surface area contributed by atoms with Gasteiger partial charge in [-0.2, -0.15) is 0 Å². The number of hydrogen-bond donors (Lipinski definition) is 0. The van der Waals surface area contributed by atoms with Gasteiger partial charge in [-0.15, -0.1) is 0 Å². The van der Waals surface area contributed by atoms with E-state index < -0.39 is 0 Å². The number of para-hydroxylation sites is 1. The number of aryl methyl sites for hydroxylation is 1. The summed E-state index contributed by atoms with van der Waals surface area (Å²) in [4.78, 5) is 2.54. The highest BCUT2D eigenvalue weighted by Gasteiger charge is 2.10. The molecule has 0 spiro atoms. The van der Waals surface area contributed by atoms with Crippen LogP contribution in [0.25, 0.3) is 0 Å². The molecule has 1 heterocycles. The van der Waals surface area contributed by atoms with Crippen LogP contribution in [-0.4, -0.2) is 31.1 Å². The molecule has 2 rings (SSSR count). The molecule has 138 valence electrons. The Morgan fingerprint density at radius 2 is 1.62 bits per heavy atom. The Balaban J connectivity index is 0.00000288. The lowest BCUT2D eigenvalue weighted by atomic mass is 10.0. The van der Waals surface area contributed by atoms with E-state index >= 15 is 0 Å². The average Bonchev–Trinajstić information content (AvgIpc) is 2.60. The molecule has 0 N–H and O–H groups in total. The van der Waals surface area contributed by atoms with Gasteiger partial charge in [0.2, 0.25) is 0 Å². The van der Waals surface area contributed by atoms with Gasteiger partial charge in [0.15, 0.2) is 0 Å². The van der Waals surface area contributed by atoms with E-state index in [1.165, 1.54) is 76.4 Å². The van der Waals surface area contributed by atoms with Crippen LogP contribution in [0.5, 0.6) is 5.75 Å². The predicted octanol–water partition coefficient (Wildman–Crippen LogP) is 2.46. The lowest BCUT2D eigenvalue weighted by Gasteiger charge is -2.26. The maximum atomic E-state index is 6.09. The molecule has 0 amide bonds. The molecule has 1 aromatic rings. The van der Waals surface area contributed by atoms with Gasteiger partial charge in [-0.1, -0.05) is 63.6 Å². The fourth-order valence-corrected chi connectivity index (χ4v) is 3.41. The smallest absolute Gasteiger partial charge is 0.122 e. The van der Waals surface area contributed by atoms with Gasteiger partial charge in [-0.05, 0) is 50.4 Å². The van der Waals surface area contributed by atoms with E-state index in [1.807, 2.05) is 0 Å². The van der Waals surface area contributed by atoms with E-state index in [4.69, 9.17) is 4.74 Å². The third-order valence-electron chi connectivity index (χ3n) is 4.89. The van der Waals surface area contributed by atoms with E-state index in [0.717, 1.165) is 25.3 Å². The zero-order valence-electron chi connectivity index (χ0n) is 15.4. The first kappa shape index (κ1) is 21.3. The van der Waals surface area contributed by atoms with Gasteiger partial charge in [-0.3, -0.25) is 4.90 Å². The molecule has 0 radical (unpaired) electrons. The lowest BCUT2D eigenvalue weighted by Crippen LogP contribution is -3.00. The van der Waals surface area contributed by atoms with E-state index in [-0.39, 0.29) is 12.4 Å². The van der Waals surface area contributed by atoms with Crippen LogP contribution in [-0.2, 0) is 6.42 Å². The zero-order valence-corrected chi connectivity index (χ0v) is 16.2. The molecule has 1 fully saturated rings. The largest absolute Gasteiger partial charge is 1.00 e. The molecule has 0 unspecified atom stereocenters. The van der Waals surface area contributed by atoms with Gasteiger partial charge in [0.1, 0.15) is 12.4 Å². The molecule has 0 atom stereocenters. The first-order valence-electron chi connectivity index (χ1n) is 9.83. The zero-order chi connectivity index (χ0) is 16.2. The van der Waals surface area contributed by atoms with E-state index in [2.05, 4.69) is 36.1 Å². The number of likely N-dealkylation sites (tertiary alicyclic amines) is 1. The summed E-state index contributed by atoms with van der Waals surface area (Å²) in [5, 5.41) is 0. The minimum Gasteiger partial charge on any atom is -1.00 e. The fraction of sp³-hybridized carbons (Fsp3) is 0.714.